The number of rotatable bonds is 3. The van der Waals surface area contributed by atoms with Crippen molar-refractivity contribution in [2.45, 2.75) is 0 Å². The highest BCUT2D eigenvalue weighted by Gasteiger charge is 1.96. The summed E-state index contributed by atoms with van der Waals surface area (Å²) in [7, 11) is 0. The zero-order chi connectivity index (χ0) is 12.8. The summed E-state index contributed by atoms with van der Waals surface area (Å²) in [5.41, 5.74) is 3.68. The molecule has 0 aliphatic carbocycles. The molecule has 2 N–H and O–H groups in total. The molecule has 0 fully saturated rings. The van der Waals surface area contributed by atoms with Crippen molar-refractivity contribution in [2.75, 3.05) is 5.32 Å². The maximum Gasteiger partial charge on any atom is 0.191 e. The molecule has 2 rings (SSSR count). The molecule has 1 aromatic carbocycles. The molecule has 0 aliphatic heterocycles. The molecule has 1 aromatic heterocycles. The lowest BCUT2D eigenvalue weighted by molar-refractivity contribution is 1.05. The maximum absolute atomic E-state index is 5.13. The number of hydrogen-bond acceptors (Lipinski definition) is 3. The number of halogens is 1. The van der Waals surface area contributed by atoms with Crippen molar-refractivity contribution in [3.05, 3.63) is 51.1 Å². The summed E-state index contributed by atoms with van der Waals surface area (Å²) in [4.78, 5) is 1.08. The van der Waals surface area contributed by atoms with E-state index < -0.39 is 0 Å². The zero-order valence-corrected chi connectivity index (χ0v) is 12.5. The van der Waals surface area contributed by atoms with Gasteiger partial charge in [-0.15, -0.1) is 11.3 Å². The summed E-state index contributed by atoms with van der Waals surface area (Å²) in [6.45, 7) is 0. The van der Waals surface area contributed by atoms with Crippen LogP contribution in [0.1, 0.15) is 4.88 Å². The molecule has 0 saturated carbocycles. The number of hydrazone groups is 1. The van der Waals surface area contributed by atoms with Gasteiger partial charge in [-0.05, 0) is 41.9 Å². The molecule has 0 atom stereocenters. The number of thiophene rings is 1. The van der Waals surface area contributed by atoms with E-state index in [4.69, 9.17) is 12.2 Å². The van der Waals surface area contributed by atoms with Crippen LogP contribution in [-0.4, -0.2) is 11.3 Å². The lowest BCUT2D eigenvalue weighted by Crippen LogP contribution is -2.23. The van der Waals surface area contributed by atoms with Crippen molar-refractivity contribution >= 4 is 56.5 Å². The second-order valence-electron chi connectivity index (χ2n) is 3.35. The number of anilines is 1. The van der Waals surface area contributed by atoms with Crippen molar-refractivity contribution in [2.24, 2.45) is 5.10 Å². The third kappa shape index (κ3) is 4.21. The number of thiocarbonyl (C=S) groups is 1. The van der Waals surface area contributed by atoms with Crippen LogP contribution in [0.25, 0.3) is 0 Å². The van der Waals surface area contributed by atoms with Crippen molar-refractivity contribution in [3.8, 4) is 0 Å². The topological polar surface area (TPSA) is 36.4 Å². The summed E-state index contributed by atoms with van der Waals surface area (Å²) in [6, 6.07) is 11.7. The molecule has 18 heavy (non-hydrogen) atoms. The minimum absolute atomic E-state index is 0.459. The van der Waals surface area contributed by atoms with Gasteiger partial charge in [-0.25, -0.2) is 0 Å². The van der Waals surface area contributed by atoms with E-state index >= 15 is 0 Å². The molecule has 0 saturated heterocycles. The van der Waals surface area contributed by atoms with E-state index in [0.29, 0.717) is 5.11 Å². The van der Waals surface area contributed by atoms with E-state index in [2.05, 4.69) is 31.8 Å². The molecule has 0 amide bonds. The minimum Gasteiger partial charge on any atom is -0.331 e. The van der Waals surface area contributed by atoms with Crippen LogP contribution >= 0.6 is 39.5 Å². The largest absolute Gasteiger partial charge is 0.331 e. The van der Waals surface area contributed by atoms with Crippen LogP contribution in [0.5, 0.6) is 0 Å². The van der Waals surface area contributed by atoms with Gasteiger partial charge >= 0.3 is 0 Å². The maximum atomic E-state index is 5.13. The van der Waals surface area contributed by atoms with Gasteiger partial charge in [-0.1, -0.05) is 28.1 Å². The fraction of sp³-hybridized carbons (Fsp3) is 0. The van der Waals surface area contributed by atoms with Gasteiger partial charge in [0.1, 0.15) is 0 Å². The first-order valence-corrected chi connectivity index (χ1v) is 7.21. The Hall–Kier alpha value is -1.24. The van der Waals surface area contributed by atoms with E-state index in [0.717, 1.165) is 15.0 Å². The second-order valence-corrected chi connectivity index (χ2v) is 5.65. The third-order valence-electron chi connectivity index (χ3n) is 1.98. The number of benzene rings is 1. The fourth-order valence-electron chi connectivity index (χ4n) is 1.24. The molecule has 0 aliphatic rings. The Morgan fingerprint density at radius 3 is 2.94 bits per heavy atom. The van der Waals surface area contributed by atoms with E-state index in [9.17, 15) is 0 Å². The van der Waals surface area contributed by atoms with Crippen LogP contribution in [-0.2, 0) is 0 Å². The average Bonchev–Trinajstić information content (AvgIpc) is 2.82. The Kier molecular flexibility index (Phi) is 4.86. The number of nitrogens with one attached hydrogen (secondary N) is 2. The Morgan fingerprint density at radius 1 is 1.33 bits per heavy atom. The van der Waals surface area contributed by atoms with Gasteiger partial charge in [0.25, 0.3) is 0 Å². The first-order valence-electron chi connectivity index (χ1n) is 5.13. The molecule has 0 spiro atoms. The van der Waals surface area contributed by atoms with E-state index in [-0.39, 0.29) is 0 Å². The van der Waals surface area contributed by atoms with Gasteiger partial charge in [0, 0.05) is 15.0 Å². The Labute approximate surface area is 123 Å². The van der Waals surface area contributed by atoms with Gasteiger partial charge in [0.2, 0.25) is 0 Å². The van der Waals surface area contributed by atoms with Crippen LogP contribution in [0.2, 0.25) is 0 Å². The summed E-state index contributed by atoms with van der Waals surface area (Å²) >= 11 is 10.1. The van der Waals surface area contributed by atoms with Crippen LogP contribution < -0.4 is 10.7 Å². The van der Waals surface area contributed by atoms with Gasteiger partial charge in [0.05, 0.1) is 6.21 Å². The first kappa shape index (κ1) is 13.2. The number of hydrogen-bond donors (Lipinski definition) is 2. The van der Waals surface area contributed by atoms with Gasteiger partial charge in [-0.3, -0.25) is 5.43 Å². The summed E-state index contributed by atoms with van der Waals surface area (Å²) in [5, 5.41) is 9.55. The average molecular weight is 340 g/mol. The molecular weight excluding hydrogens is 330 g/mol. The smallest absolute Gasteiger partial charge is 0.191 e. The SMILES string of the molecule is S=C(N/N=C\c1cccs1)Nc1cccc(Br)c1. The molecule has 92 valence electrons. The van der Waals surface area contributed by atoms with Crippen molar-refractivity contribution < 1.29 is 0 Å². The second kappa shape index (κ2) is 6.63. The van der Waals surface area contributed by atoms with Crippen molar-refractivity contribution in [1.82, 2.24) is 5.43 Å². The van der Waals surface area contributed by atoms with Crippen molar-refractivity contribution in [1.29, 1.82) is 0 Å². The fourth-order valence-corrected chi connectivity index (χ4v) is 2.40. The number of nitrogens with zero attached hydrogens (tertiary/aromatic N) is 1. The first-order chi connectivity index (χ1) is 8.74. The summed E-state index contributed by atoms with van der Waals surface area (Å²) < 4.78 is 0.998. The van der Waals surface area contributed by atoms with Crippen molar-refractivity contribution in [3.63, 3.8) is 0 Å². The highest BCUT2D eigenvalue weighted by atomic mass is 79.9. The van der Waals surface area contributed by atoms with Crippen LogP contribution in [0.3, 0.4) is 0 Å². The molecular formula is C12H10BrN3S2. The summed E-state index contributed by atoms with van der Waals surface area (Å²) in [5.74, 6) is 0. The molecule has 0 bridgehead atoms. The highest BCUT2D eigenvalue weighted by Crippen LogP contribution is 2.15. The Bertz CT molecular complexity index is 552. The lowest BCUT2D eigenvalue weighted by Gasteiger charge is -2.06. The third-order valence-corrected chi connectivity index (χ3v) is 3.48. The predicted molar refractivity (Wildman–Crippen MR) is 85.4 cm³/mol. The molecule has 0 radical (unpaired) electrons. The van der Waals surface area contributed by atoms with Gasteiger partial charge in [-0.2, -0.15) is 5.10 Å². The molecule has 3 nitrogen and oxygen atoms in total. The van der Waals surface area contributed by atoms with Crippen LogP contribution in [0, 0.1) is 0 Å². The quantitative estimate of drug-likeness (QED) is 0.506. The highest BCUT2D eigenvalue weighted by molar-refractivity contribution is 9.10. The zero-order valence-electron chi connectivity index (χ0n) is 9.26. The predicted octanol–water partition coefficient (Wildman–Crippen LogP) is 3.83. The van der Waals surface area contributed by atoms with E-state index in [1.54, 1.807) is 17.6 Å². The van der Waals surface area contributed by atoms with Gasteiger partial charge < -0.3 is 5.32 Å². The minimum atomic E-state index is 0.459. The lowest BCUT2D eigenvalue weighted by atomic mass is 10.3. The molecule has 1 heterocycles. The normalized spacial score (nSPS) is 10.5. The Morgan fingerprint density at radius 2 is 2.22 bits per heavy atom. The molecule has 6 heteroatoms. The summed E-state index contributed by atoms with van der Waals surface area (Å²) in [6.07, 6.45) is 1.74. The standard InChI is InChI=1S/C12H10BrN3S2/c13-9-3-1-4-10(7-9)15-12(17)16-14-8-11-5-2-6-18-11/h1-8H,(H2,15,16,17)/b14-8-. The monoisotopic (exact) mass is 339 g/mol. The van der Waals surface area contributed by atoms with Crippen LogP contribution in [0.15, 0.2) is 51.4 Å². The van der Waals surface area contributed by atoms with E-state index in [1.165, 1.54) is 0 Å². The molecule has 2 aromatic rings. The Balaban J connectivity index is 1.86. The van der Waals surface area contributed by atoms with Gasteiger partial charge in [0.15, 0.2) is 5.11 Å². The van der Waals surface area contributed by atoms with E-state index in [1.807, 2.05) is 41.8 Å². The molecule has 0 unspecified atom stereocenters. The van der Waals surface area contributed by atoms with Crippen LogP contribution in [0.4, 0.5) is 5.69 Å².